The number of allylic oxidation sites excluding steroid dienone is 1. The van der Waals surface area contributed by atoms with Gasteiger partial charge in [0.05, 0.1) is 12.9 Å². The van der Waals surface area contributed by atoms with Crippen LogP contribution in [0.25, 0.3) is 0 Å². The van der Waals surface area contributed by atoms with Crippen LogP contribution in [0, 0.1) is 10.8 Å². The largest absolute Gasteiger partial charge is 0.501 e. The Morgan fingerprint density at radius 2 is 1.72 bits per heavy atom. The number of nitrogens with zero attached hydrogens (tertiary/aromatic N) is 1. The summed E-state index contributed by atoms with van der Waals surface area (Å²) in [6.45, 7) is 12.1. The van der Waals surface area contributed by atoms with Gasteiger partial charge in [-0.3, -0.25) is 4.90 Å². The first kappa shape index (κ1) is 13.9. The van der Waals surface area contributed by atoms with Crippen LogP contribution in [-0.4, -0.2) is 31.1 Å². The molecule has 0 aromatic heterocycles. The summed E-state index contributed by atoms with van der Waals surface area (Å²) in [6, 6.07) is 0.629. The number of methoxy groups -OCH3 is 1. The van der Waals surface area contributed by atoms with Crippen molar-refractivity contribution in [3.8, 4) is 0 Å². The lowest BCUT2D eigenvalue weighted by atomic mass is 9.63. The summed E-state index contributed by atoms with van der Waals surface area (Å²) in [5.74, 6) is 1.17. The molecule has 2 nitrogen and oxygen atoms in total. The van der Waals surface area contributed by atoms with E-state index in [2.05, 4.69) is 38.7 Å². The fourth-order valence-electron chi connectivity index (χ4n) is 4.37. The number of ether oxygens (including phenoxy) is 1. The highest BCUT2D eigenvalue weighted by Gasteiger charge is 2.47. The second-order valence-corrected chi connectivity index (χ2v) is 7.30. The van der Waals surface area contributed by atoms with E-state index in [1.807, 2.05) is 0 Å². The van der Waals surface area contributed by atoms with E-state index in [4.69, 9.17) is 4.74 Å². The maximum absolute atomic E-state index is 5.54. The summed E-state index contributed by atoms with van der Waals surface area (Å²) < 4.78 is 5.54. The van der Waals surface area contributed by atoms with E-state index in [-0.39, 0.29) is 5.41 Å². The van der Waals surface area contributed by atoms with Gasteiger partial charge in [-0.05, 0) is 37.4 Å². The van der Waals surface area contributed by atoms with Crippen molar-refractivity contribution >= 4 is 0 Å². The SMILES string of the molecule is COC1=CC(C)(C)C(N2CCCCC2)C(C)(C)C1. The summed E-state index contributed by atoms with van der Waals surface area (Å²) in [6.07, 6.45) is 7.56. The highest BCUT2D eigenvalue weighted by Crippen LogP contribution is 2.48. The summed E-state index contributed by atoms with van der Waals surface area (Å²) in [5, 5.41) is 0. The van der Waals surface area contributed by atoms with E-state index < -0.39 is 0 Å². The van der Waals surface area contributed by atoms with Gasteiger partial charge >= 0.3 is 0 Å². The lowest BCUT2D eigenvalue weighted by Crippen LogP contribution is -2.56. The molecule has 1 fully saturated rings. The van der Waals surface area contributed by atoms with Crippen LogP contribution >= 0.6 is 0 Å². The van der Waals surface area contributed by atoms with Gasteiger partial charge in [-0.25, -0.2) is 0 Å². The number of hydrogen-bond acceptors (Lipinski definition) is 2. The van der Waals surface area contributed by atoms with Crippen molar-refractivity contribution < 1.29 is 4.74 Å². The van der Waals surface area contributed by atoms with Crippen molar-refractivity contribution in [3.63, 3.8) is 0 Å². The van der Waals surface area contributed by atoms with E-state index in [1.54, 1.807) is 7.11 Å². The normalized spacial score (nSPS) is 31.8. The molecule has 0 aromatic rings. The van der Waals surface area contributed by atoms with Crippen molar-refractivity contribution in [2.24, 2.45) is 10.8 Å². The highest BCUT2D eigenvalue weighted by atomic mass is 16.5. The second kappa shape index (κ2) is 4.88. The zero-order chi connectivity index (χ0) is 13.4. The minimum atomic E-state index is 0.199. The standard InChI is InChI=1S/C16H29NO/c1-15(2)11-13(18-5)12-16(3,4)14(15)17-9-7-6-8-10-17/h11,14H,6-10,12H2,1-5H3. The van der Waals surface area contributed by atoms with Crippen molar-refractivity contribution in [2.45, 2.75) is 59.4 Å². The van der Waals surface area contributed by atoms with Crippen LogP contribution in [0.15, 0.2) is 11.8 Å². The zero-order valence-electron chi connectivity index (χ0n) is 12.8. The molecule has 1 saturated heterocycles. The van der Waals surface area contributed by atoms with E-state index in [0.29, 0.717) is 11.5 Å². The van der Waals surface area contributed by atoms with Crippen LogP contribution in [-0.2, 0) is 4.74 Å². The second-order valence-electron chi connectivity index (χ2n) is 7.30. The molecule has 2 heteroatoms. The molecule has 0 amide bonds. The van der Waals surface area contributed by atoms with E-state index in [9.17, 15) is 0 Å². The van der Waals surface area contributed by atoms with E-state index in [1.165, 1.54) is 38.1 Å². The molecule has 0 N–H and O–H groups in total. The molecule has 0 aromatic carbocycles. The number of likely N-dealkylation sites (tertiary alicyclic amines) is 1. The van der Waals surface area contributed by atoms with Gasteiger partial charge in [0.25, 0.3) is 0 Å². The van der Waals surface area contributed by atoms with Crippen LogP contribution in [0.1, 0.15) is 53.4 Å². The van der Waals surface area contributed by atoms with Crippen LogP contribution in [0.4, 0.5) is 0 Å². The molecule has 2 rings (SSSR count). The molecule has 1 atom stereocenters. The minimum absolute atomic E-state index is 0.199. The van der Waals surface area contributed by atoms with E-state index >= 15 is 0 Å². The Hall–Kier alpha value is -0.500. The zero-order valence-corrected chi connectivity index (χ0v) is 12.8. The van der Waals surface area contributed by atoms with Crippen LogP contribution in [0.5, 0.6) is 0 Å². The first-order chi connectivity index (χ1) is 8.37. The summed E-state index contributed by atoms with van der Waals surface area (Å²) in [4.78, 5) is 2.73. The Balaban J connectivity index is 2.28. The van der Waals surface area contributed by atoms with Crippen molar-refractivity contribution in [1.82, 2.24) is 4.90 Å². The Morgan fingerprint density at radius 1 is 1.11 bits per heavy atom. The predicted octanol–water partition coefficient (Wildman–Crippen LogP) is 3.83. The van der Waals surface area contributed by atoms with Gasteiger partial charge in [0.15, 0.2) is 0 Å². The van der Waals surface area contributed by atoms with Gasteiger partial charge in [0, 0.05) is 17.9 Å². The molecule has 1 heterocycles. The molecule has 2 aliphatic rings. The lowest BCUT2D eigenvalue weighted by Gasteiger charge is -2.53. The minimum Gasteiger partial charge on any atom is -0.501 e. The molecule has 1 aliphatic heterocycles. The average Bonchev–Trinajstić information content (AvgIpc) is 2.27. The molecule has 104 valence electrons. The molecular weight excluding hydrogens is 222 g/mol. The van der Waals surface area contributed by atoms with Crippen molar-refractivity contribution in [1.29, 1.82) is 0 Å². The number of piperidine rings is 1. The number of rotatable bonds is 2. The first-order valence-corrected chi connectivity index (χ1v) is 7.36. The Bertz CT molecular complexity index is 324. The van der Waals surface area contributed by atoms with Crippen LogP contribution < -0.4 is 0 Å². The molecule has 0 spiro atoms. The highest BCUT2D eigenvalue weighted by molar-refractivity contribution is 5.17. The maximum atomic E-state index is 5.54. The van der Waals surface area contributed by atoms with Gasteiger partial charge in [-0.2, -0.15) is 0 Å². The summed E-state index contributed by atoms with van der Waals surface area (Å²) in [5.41, 5.74) is 0.491. The third-order valence-corrected chi connectivity index (χ3v) is 4.63. The molecular formula is C16H29NO. The van der Waals surface area contributed by atoms with Gasteiger partial charge in [0.1, 0.15) is 0 Å². The Kier molecular flexibility index (Phi) is 3.77. The molecule has 0 saturated carbocycles. The Labute approximate surface area is 112 Å². The molecule has 1 aliphatic carbocycles. The van der Waals surface area contributed by atoms with E-state index in [0.717, 1.165) is 6.42 Å². The quantitative estimate of drug-likeness (QED) is 0.739. The fraction of sp³-hybridized carbons (Fsp3) is 0.875. The predicted molar refractivity (Wildman–Crippen MR) is 76.5 cm³/mol. The average molecular weight is 251 g/mol. The molecule has 0 radical (unpaired) electrons. The van der Waals surface area contributed by atoms with Gasteiger partial charge < -0.3 is 4.74 Å². The van der Waals surface area contributed by atoms with Crippen molar-refractivity contribution in [2.75, 3.05) is 20.2 Å². The van der Waals surface area contributed by atoms with Gasteiger partial charge in [0.2, 0.25) is 0 Å². The van der Waals surface area contributed by atoms with Crippen LogP contribution in [0.3, 0.4) is 0 Å². The molecule has 0 bridgehead atoms. The summed E-state index contributed by atoms with van der Waals surface area (Å²) >= 11 is 0. The third-order valence-electron chi connectivity index (χ3n) is 4.63. The lowest BCUT2D eigenvalue weighted by molar-refractivity contribution is -0.0111. The maximum Gasteiger partial charge on any atom is 0.0927 e. The first-order valence-electron chi connectivity index (χ1n) is 7.36. The topological polar surface area (TPSA) is 12.5 Å². The number of hydrogen-bond donors (Lipinski definition) is 0. The third kappa shape index (κ3) is 2.59. The fourth-order valence-corrected chi connectivity index (χ4v) is 4.37. The monoisotopic (exact) mass is 251 g/mol. The Morgan fingerprint density at radius 3 is 2.22 bits per heavy atom. The van der Waals surface area contributed by atoms with Crippen molar-refractivity contribution in [3.05, 3.63) is 11.8 Å². The molecule has 1 unspecified atom stereocenters. The smallest absolute Gasteiger partial charge is 0.0927 e. The molecule has 18 heavy (non-hydrogen) atoms. The van der Waals surface area contributed by atoms with Gasteiger partial charge in [-0.1, -0.05) is 34.1 Å². The summed E-state index contributed by atoms with van der Waals surface area (Å²) in [7, 11) is 1.80. The van der Waals surface area contributed by atoms with Gasteiger partial charge in [-0.15, -0.1) is 0 Å². The van der Waals surface area contributed by atoms with Crippen LogP contribution in [0.2, 0.25) is 0 Å².